The number of aromatic nitrogens is 3. The number of halogens is 1. The molecule has 1 aromatic carbocycles. The lowest BCUT2D eigenvalue weighted by Crippen LogP contribution is -2.11. The minimum atomic E-state index is 0.0596. The number of methoxy groups -OCH3 is 1. The summed E-state index contributed by atoms with van der Waals surface area (Å²) in [6.45, 7) is 4.10. The van der Waals surface area contributed by atoms with Crippen molar-refractivity contribution in [1.29, 1.82) is 0 Å². The van der Waals surface area contributed by atoms with E-state index in [1.54, 1.807) is 0 Å². The smallest absolute Gasteiger partial charge is 0.322 e. The van der Waals surface area contributed by atoms with Crippen LogP contribution in [0.2, 0.25) is 5.28 Å². The molecule has 5 nitrogen and oxygen atoms in total. The molecule has 0 spiro atoms. The Bertz CT molecular complexity index is 576. The second kappa shape index (κ2) is 5.84. The van der Waals surface area contributed by atoms with Crippen LogP contribution in [0, 0.1) is 6.92 Å². The zero-order valence-electron chi connectivity index (χ0n) is 11.0. The third-order valence-corrected chi connectivity index (χ3v) is 2.94. The van der Waals surface area contributed by atoms with Gasteiger partial charge in [-0.1, -0.05) is 24.3 Å². The molecule has 0 bridgehead atoms. The van der Waals surface area contributed by atoms with E-state index in [0.29, 0.717) is 5.95 Å². The first-order valence-electron chi connectivity index (χ1n) is 5.88. The van der Waals surface area contributed by atoms with E-state index >= 15 is 0 Å². The Morgan fingerprint density at radius 2 is 1.95 bits per heavy atom. The number of anilines is 1. The van der Waals surface area contributed by atoms with Gasteiger partial charge in [-0.15, -0.1) is 0 Å². The van der Waals surface area contributed by atoms with Crippen molar-refractivity contribution in [3.8, 4) is 6.01 Å². The van der Waals surface area contributed by atoms with E-state index in [-0.39, 0.29) is 17.3 Å². The van der Waals surface area contributed by atoms with E-state index in [9.17, 15) is 0 Å². The summed E-state index contributed by atoms with van der Waals surface area (Å²) in [5, 5.41) is 3.29. The van der Waals surface area contributed by atoms with Crippen LogP contribution in [0.25, 0.3) is 0 Å². The molecule has 0 radical (unpaired) electrons. The maximum absolute atomic E-state index is 5.81. The Labute approximate surface area is 117 Å². The van der Waals surface area contributed by atoms with Crippen molar-refractivity contribution < 1.29 is 4.74 Å². The number of benzene rings is 1. The van der Waals surface area contributed by atoms with Crippen LogP contribution in [0.3, 0.4) is 0 Å². The molecule has 100 valence electrons. The number of nitrogens with one attached hydrogen (secondary N) is 1. The third kappa shape index (κ3) is 3.32. The third-order valence-electron chi connectivity index (χ3n) is 2.77. The molecule has 0 aliphatic carbocycles. The molecular weight excluding hydrogens is 264 g/mol. The standard InChI is InChI=1S/C13H15ClN4O/c1-8-6-4-5-7-10(8)9(2)15-12-16-11(14)17-13(18-12)19-3/h4-7,9H,1-3H3,(H,15,16,17,18). The van der Waals surface area contributed by atoms with Crippen LogP contribution in [-0.4, -0.2) is 22.1 Å². The van der Waals surface area contributed by atoms with Crippen LogP contribution in [0.4, 0.5) is 5.95 Å². The average Bonchev–Trinajstić information content (AvgIpc) is 2.38. The molecule has 6 heteroatoms. The SMILES string of the molecule is COc1nc(Cl)nc(NC(C)c2ccccc2C)n1. The van der Waals surface area contributed by atoms with Gasteiger partial charge in [0.2, 0.25) is 11.2 Å². The number of nitrogens with zero attached hydrogens (tertiary/aromatic N) is 3. The summed E-state index contributed by atoms with van der Waals surface area (Å²) in [5.74, 6) is 0.396. The van der Waals surface area contributed by atoms with Gasteiger partial charge >= 0.3 is 6.01 Å². The Hall–Kier alpha value is -1.88. The van der Waals surface area contributed by atoms with E-state index in [4.69, 9.17) is 16.3 Å². The van der Waals surface area contributed by atoms with Crippen LogP contribution < -0.4 is 10.1 Å². The summed E-state index contributed by atoms with van der Waals surface area (Å²) in [7, 11) is 1.49. The first kappa shape index (κ1) is 13.5. The number of hydrogen-bond donors (Lipinski definition) is 1. The fourth-order valence-electron chi connectivity index (χ4n) is 1.83. The molecule has 1 heterocycles. The fourth-order valence-corrected chi connectivity index (χ4v) is 1.98. The first-order chi connectivity index (χ1) is 9.10. The van der Waals surface area contributed by atoms with Crippen molar-refractivity contribution in [3.63, 3.8) is 0 Å². The average molecular weight is 279 g/mol. The van der Waals surface area contributed by atoms with Gasteiger partial charge in [0.15, 0.2) is 0 Å². The van der Waals surface area contributed by atoms with Gasteiger partial charge in [-0.3, -0.25) is 0 Å². The van der Waals surface area contributed by atoms with Crippen LogP contribution in [-0.2, 0) is 0 Å². The Morgan fingerprint density at radius 1 is 1.21 bits per heavy atom. The highest BCUT2D eigenvalue weighted by Gasteiger charge is 2.11. The Balaban J connectivity index is 2.21. The first-order valence-corrected chi connectivity index (χ1v) is 6.25. The van der Waals surface area contributed by atoms with Gasteiger partial charge in [-0.2, -0.15) is 15.0 Å². The summed E-state index contributed by atoms with van der Waals surface area (Å²) in [6, 6.07) is 8.39. The minimum Gasteiger partial charge on any atom is -0.467 e. The van der Waals surface area contributed by atoms with Gasteiger partial charge in [0.25, 0.3) is 0 Å². The lowest BCUT2D eigenvalue weighted by Gasteiger charge is -2.16. The quantitative estimate of drug-likeness (QED) is 0.931. The largest absolute Gasteiger partial charge is 0.467 e. The summed E-state index contributed by atoms with van der Waals surface area (Å²) < 4.78 is 4.96. The molecular formula is C13H15ClN4O. The highest BCUT2D eigenvalue weighted by molar-refractivity contribution is 6.28. The van der Waals surface area contributed by atoms with E-state index in [1.165, 1.54) is 18.2 Å². The molecule has 0 aliphatic heterocycles. The molecule has 0 saturated carbocycles. The van der Waals surface area contributed by atoms with Gasteiger partial charge in [0, 0.05) is 0 Å². The molecule has 2 aromatic rings. The topological polar surface area (TPSA) is 59.9 Å². The molecule has 1 atom stereocenters. The summed E-state index contributed by atoms with van der Waals surface area (Å²) in [4.78, 5) is 12.0. The molecule has 0 fully saturated rings. The monoisotopic (exact) mass is 278 g/mol. The zero-order valence-corrected chi connectivity index (χ0v) is 11.8. The number of rotatable bonds is 4. The summed E-state index contributed by atoms with van der Waals surface area (Å²) >= 11 is 5.81. The summed E-state index contributed by atoms with van der Waals surface area (Å²) in [5.41, 5.74) is 2.38. The second-order valence-electron chi connectivity index (χ2n) is 4.14. The maximum Gasteiger partial charge on any atom is 0.322 e. The molecule has 19 heavy (non-hydrogen) atoms. The lowest BCUT2D eigenvalue weighted by molar-refractivity contribution is 0.378. The van der Waals surface area contributed by atoms with Crippen molar-refractivity contribution in [2.24, 2.45) is 0 Å². The van der Waals surface area contributed by atoms with Crippen molar-refractivity contribution in [2.75, 3.05) is 12.4 Å². The molecule has 1 N–H and O–H groups in total. The molecule has 1 unspecified atom stereocenters. The van der Waals surface area contributed by atoms with Gasteiger partial charge in [0.05, 0.1) is 13.2 Å². The summed E-state index contributed by atoms with van der Waals surface area (Å²) in [6.07, 6.45) is 0. The van der Waals surface area contributed by atoms with E-state index in [0.717, 1.165) is 0 Å². The number of hydrogen-bond acceptors (Lipinski definition) is 5. The lowest BCUT2D eigenvalue weighted by atomic mass is 10.0. The molecule has 0 amide bonds. The maximum atomic E-state index is 5.81. The van der Waals surface area contributed by atoms with E-state index < -0.39 is 0 Å². The molecule has 0 saturated heterocycles. The van der Waals surface area contributed by atoms with Crippen LogP contribution in [0.1, 0.15) is 24.1 Å². The van der Waals surface area contributed by atoms with Gasteiger partial charge in [0.1, 0.15) is 0 Å². The Kier molecular flexibility index (Phi) is 4.16. The van der Waals surface area contributed by atoms with Crippen molar-refractivity contribution in [3.05, 3.63) is 40.7 Å². The molecule has 2 rings (SSSR count). The zero-order chi connectivity index (χ0) is 13.8. The van der Waals surface area contributed by atoms with E-state index in [1.807, 2.05) is 19.1 Å². The second-order valence-corrected chi connectivity index (χ2v) is 4.48. The fraction of sp³-hybridized carbons (Fsp3) is 0.308. The predicted molar refractivity (Wildman–Crippen MR) is 74.6 cm³/mol. The van der Waals surface area contributed by atoms with Gasteiger partial charge in [-0.05, 0) is 36.6 Å². The van der Waals surface area contributed by atoms with Crippen molar-refractivity contribution >= 4 is 17.5 Å². The molecule has 1 aromatic heterocycles. The van der Waals surface area contributed by atoms with Gasteiger partial charge < -0.3 is 10.1 Å². The molecule has 0 aliphatic rings. The van der Waals surface area contributed by atoms with Crippen LogP contribution in [0.5, 0.6) is 6.01 Å². The highest BCUT2D eigenvalue weighted by Crippen LogP contribution is 2.21. The van der Waals surface area contributed by atoms with Crippen molar-refractivity contribution in [2.45, 2.75) is 19.9 Å². The Morgan fingerprint density at radius 3 is 2.63 bits per heavy atom. The van der Waals surface area contributed by atoms with Gasteiger partial charge in [-0.25, -0.2) is 0 Å². The van der Waals surface area contributed by atoms with Crippen molar-refractivity contribution in [1.82, 2.24) is 15.0 Å². The van der Waals surface area contributed by atoms with Crippen LogP contribution >= 0.6 is 11.6 Å². The normalized spacial score (nSPS) is 12.0. The highest BCUT2D eigenvalue weighted by atomic mass is 35.5. The number of ether oxygens (including phenoxy) is 1. The predicted octanol–water partition coefficient (Wildman–Crippen LogP) is 3.02. The van der Waals surface area contributed by atoms with E-state index in [2.05, 4.69) is 39.3 Å². The minimum absolute atomic E-state index is 0.0596. The number of aryl methyl sites for hydroxylation is 1. The van der Waals surface area contributed by atoms with Crippen LogP contribution in [0.15, 0.2) is 24.3 Å².